The minimum atomic E-state index is -0.0389. The van der Waals surface area contributed by atoms with Crippen molar-refractivity contribution in [1.82, 2.24) is 21.9 Å². The van der Waals surface area contributed by atoms with Gasteiger partial charge in [0.2, 0.25) is 0 Å². The number of benzene rings is 4. The van der Waals surface area contributed by atoms with E-state index in [-0.39, 0.29) is 23.3 Å². The molecule has 0 amide bonds. The maximum Gasteiger partial charge on any atom is 0.195 e. The molecule has 0 bridgehead atoms. The maximum absolute atomic E-state index is 10.00. The van der Waals surface area contributed by atoms with Crippen LogP contribution in [0.3, 0.4) is 0 Å². The first-order valence-corrected chi connectivity index (χ1v) is 19.1. The topological polar surface area (TPSA) is 178 Å². The summed E-state index contributed by atoms with van der Waals surface area (Å²) >= 11 is 6.55. The minimum absolute atomic E-state index is 0.0389. The maximum atomic E-state index is 10.00. The fourth-order valence-electron chi connectivity index (χ4n) is 4.84. The molecule has 256 valence electrons. The molecule has 0 saturated carbocycles. The van der Waals surface area contributed by atoms with Crippen LogP contribution >= 0.6 is 47.0 Å². The van der Waals surface area contributed by atoms with Gasteiger partial charge in [0.05, 0.1) is 22.7 Å². The van der Waals surface area contributed by atoms with Gasteiger partial charge >= 0.3 is 0 Å². The molecule has 2 aliphatic rings. The van der Waals surface area contributed by atoms with Gasteiger partial charge in [0.15, 0.2) is 23.3 Å². The van der Waals surface area contributed by atoms with E-state index in [4.69, 9.17) is 0 Å². The quantitative estimate of drug-likeness (QED) is 0.0657. The van der Waals surface area contributed by atoms with Crippen LogP contribution in [-0.2, 0) is 0 Å². The van der Waals surface area contributed by atoms with Crippen molar-refractivity contribution in [3.63, 3.8) is 0 Å². The highest BCUT2D eigenvalue weighted by atomic mass is 32.2. The van der Waals surface area contributed by atoms with Crippen LogP contribution in [-0.4, -0.2) is 67.2 Å². The van der Waals surface area contributed by atoms with Crippen molar-refractivity contribution in [1.29, 1.82) is 0 Å². The van der Waals surface area contributed by atoms with Gasteiger partial charge in [0.1, 0.15) is 0 Å². The number of para-hydroxylation sites is 4. The Labute approximate surface area is 305 Å². The molecule has 0 radical (unpaired) electrons. The zero-order valence-corrected chi connectivity index (χ0v) is 29.5. The summed E-state index contributed by atoms with van der Waals surface area (Å²) in [4.78, 5) is 22.0. The highest BCUT2D eigenvalue weighted by Gasteiger charge is 2.19. The Hall–Kier alpha value is -4.26. The lowest BCUT2D eigenvalue weighted by Gasteiger charge is -2.17. The first kappa shape index (κ1) is 35.6. The monoisotopic (exact) mass is 744 g/mol. The van der Waals surface area contributed by atoms with Crippen molar-refractivity contribution >= 4 is 93.1 Å². The molecular weight excluding hydrogens is 713 g/mol. The highest BCUT2D eigenvalue weighted by Crippen LogP contribution is 2.40. The van der Waals surface area contributed by atoms with Crippen molar-refractivity contribution in [2.45, 2.75) is 19.6 Å². The number of fused-ring (bicyclic) bond motifs is 4. The van der Waals surface area contributed by atoms with Crippen LogP contribution in [0, 0.1) is 0 Å². The molecule has 8 N–H and O–H groups in total. The minimum Gasteiger partial charge on any atom is -0.290 e. The number of hydroxylamine groups is 4. The largest absolute Gasteiger partial charge is 0.290 e. The van der Waals surface area contributed by atoms with Gasteiger partial charge in [-0.2, -0.15) is 0 Å². The second kappa shape index (κ2) is 17.6. The normalized spacial score (nSPS) is 15.8. The number of rotatable bonds is 0. The molecule has 2 heterocycles. The number of amidine groups is 4. The van der Waals surface area contributed by atoms with Crippen LogP contribution in [0.1, 0.15) is 0 Å². The third kappa shape index (κ3) is 8.72. The Morgan fingerprint density at radius 1 is 0.360 bits per heavy atom. The van der Waals surface area contributed by atoms with Crippen molar-refractivity contribution in [2.75, 3.05) is 23.0 Å². The molecule has 2 aliphatic heterocycles. The fourth-order valence-corrected chi connectivity index (χ4v) is 9.39. The molecule has 0 aromatic heterocycles. The van der Waals surface area contributed by atoms with Crippen molar-refractivity contribution in [3.8, 4) is 0 Å². The zero-order valence-electron chi connectivity index (χ0n) is 26.3. The van der Waals surface area contributed by atoms with Crippen LogP contribution in [0.4, 0.5) is 22.7 Å². The number of hydrogen-bond acceptors (Lipinski definition) is 16. The fraction of sp³-hybridized carbons (Fsp3) is 0.118. The van der Waals surface area contributed by atoms with Crippen LogP contribution in [0.25, 0.3) is 0 Å². The van der Waals surface area contributed by atoms with E-state index < -0.39 is 0 Å². The summed E-state index contributed by atoms with van der Waals surface area (Å²) in [5.41, 5.74) is 13.2. The number of nitrogens with one attached hydrogen (secondary N) is 4. The lowest BCUT2D eigenvalue weighted by molar-refractivity contribution is 0.223. The smallest absolute Gasteiger partial charge is 0.195 e. The van der Waals surface area contributed by atoms with E-state index in [0.29, 0.717) is 45.8 Å². The summed E-state index contributed by atoms with van der Waals surface area (Å²) in [6.07, 6.45) is 0. The average molecular weight is 745 g/mol. The number of thioether (sulfide) groups is 4. The zero-order chi connectivity index (χ0) is 34.7. The van der Waals surface area contributed by atoms with Gasteiger partial charge in [-0.05, 0) is 59.7 Å². The summed E-state index contributed by atoms with van der Waals surface area (Å²) < 4.78 is 0. The highest BCUT2D eigenvalue weighted by molar-refractivity contribution is 8.01. The van der Waals surface area contributed by atoms with Crippen molar-refractivity contribution < 1.29 is 20.8 Å². The van der Waals surface area contributed by atoms with Crippen LogP contribution in [0.2, 0.25) is 0 Å². The molecule has 0 aliphatic carbocycles. The Bertz CT molecular complexity index is 1720. The van der Waals surface area contributed by atoms with E-state index in [9.17, 15) is 20.8 Å². The van der Waals surface area contributed by atoms with E-state index in [1.807, 2.05) is 97.1 Å². The molecule has 0 fully saturated rings. The molecule has 12 nitrogen and oxygen atoms in total. The van der Waals surface area contributed by atoms with Gasteiger partial charge in [-0.3, -0.25) is 20.8 Å². The lowest BCUT2D eigenvalue weighted by Crippen LogP contribution is -2.37. The van der Waals surface area contributed by atoms with Gasteiger partial charge in [-0.1, -0.05) is 48.5 Å². The molecule has 0 unspecified atom stereocenters. The Morgan fingerprint density at radius 3 is 0.800 bits per heavy atom. The molecule has 50 heavy (non-hydrogen) atoms. The third-order valence-corrected chi connectivity index (χ3v) is 12.0. The molecule has 0 spiro atoms. The average Bonchev–Trinajstić information content (AvgIpc) is 3.17. The van der Waals surface area contributed by atoms with E-state index in [2.05, 4.69) is 41.9 Å². The predicted molar refractivity (Wildman–Crippen MR) is 204 cm³/mol. The summed E-state index contributed by atoms with van der Waals surface area (Å²) in [5, 5.41) is 40.0. The summed E-state index contributed by atoms with van der Waals surface area (Å²) in [7, 11) is 0. The predicted octanol–water partition coefficient (Wildman–Crippen LogP) is 7.51. The number of nitrogens with zero attached hydrogens (tertiary/aromatic N) is 4. The van der Waals surface area contributed by atoms with E-state index in [1.54, 1.807) is 47.0 Å². The second-order valence-electron chi connectivity index (χ2n) is 10.5. The molecule has 6 rings (SSSR count). The summed E-state index contributed by atoms with van der Waals surface area (Å²) in [5.74, 6) is 2.47. The van der Waals surface area contributed by atoms with Crippen molar-refractivity contribution in [2.24, 2.45) is 20.0 Å². The lowest BCUT2D eigenvalue weighted by atomic mass is 10.2. The molecule has 4 aromatic rings. The van der Waals surface area contributed by atoms with Gasteiger partial charge in [-0.25, -0.2) is 41.9 Å². The molecule has 4 aromatic carbocycles. The van der Waals surface area contributed by atoms with Crippen LogP contribution in [0.15, 0.2) is 148 Å². The molecule has 16 heteroatoms. The van der Waals surface area contributed by atoms with Gasteiger partial charge in [-0.15, -0.1) is 47.0 Å². The van der Waals surface area contributed by atoms with Gasteiger partial charge in [0, 0.05) is 42.6 Å². The van der Waals surface area contributed by atoms with E-state index in [0.717, 1.165) is 19.6 Å². The summed E-state index contributed by atoms with van der Waals surface area (Å²) in [6, 6.07) is 30.5. The van der Waals surface area contributed by atoms with Gasteiger partial charge < -0.3 is 0 Å². The van der Waals surface area contributed by atoms with Gasteiger partial charge in [0.25, 0.3) is 0 Å². The van der Waals surface area contributed by atoms with E-state index >= 15 is 0 Å². The second-order valence-corrected chi connectivity index (χ2v) is 14.6. The van der Waals surface area contributed by atoms with Crippen LogP contribution < -0.4 is 21.9 Å². The van der Waals surface area contributed by atoms with Crippen LogP contribution in [0.5, 0.6) is 0 Å². The Morgan fingerprint density at radius 2 is 0.580 bits per heavy atom. The van der Waals surface area contributed by atoms with Crippen molar-refractivity contribution in [3.05, 3.63) is 108 Å². The Kier molecular flexibility index (Phi) is 12.5. The first-order chi connectivity index (χ1) is 24.6. The Balaban J connectivity index is 1.48. The number of hydrogen-bond donors (Lipinski definition) is 8. The SMILES string of the molecule is ONC1=Nc2ccccc2SCC(=C2CSc3ccccc3N=C(NO)C(NO)=Nc3ccccc3SC2)CSc2ccccc2N=C1NO. The summed E-state index contributed by atoms with van der Waals surface area (Å²) in [6.45, 7) is 0. The van der Waals surface area contributed by atoms with E-state index in [1.165, 1.54) is 11.1 Å². The standard InChI is InChI=1S/C34H32N8O4S4/c43-39-31-32(40-44)36-24-10-2-6-14-28(24)48-18-21(17-47-27-13-5-1-9-23(27)35-31)22-19-49-29-15-7-3-11-25(29)37-33(41-45)34(42-46)38-26-12-4-8-16-30(26)50-20-22/h1-16,43-46H,17-20H2,(H,35,39)(H,36,40)(H,37,41)(H,38,42). The number of aliphatic imine (C=N–C) groups is 4. The molecule has 0 saturated heterocycles. The first-order valence-electron chi connectivity index (χ1n) is 15.1. The third-order valence-electron chi connectivity index (χ3n) is 7.37. The molecule has 0 atom stereocenters. The molecular formula is C34H32N8O4S4.